The van der Waals surface area contributed by atoms with Crippen LogP contribution in [0.15, 0.2) is 24.3 Å². The van der Waals surface area contributed by atoms with Crippen molar-refractivity contribution >= 4 is 18.0 Å². The molecule has 1 aromatic rings. The Kier molecular flexibility index (Phi) is 6.66. The SMILES string of the molecule is COc1ccc(/C=C/C(=O)OCC(=O)NC2CCCC2)cc1OC. The maximum absolute atomic E-state index is 11.7. The van der Waals surface area contributed by atoms with Crippen LogP contribution in [0.3, 0.4) is 0 Å². The van der Waals surface area contributed by atoms with Crippen molar-refractivity contribution in [2.75, 3.05) is 20.8 Å². The van der Waals surface area contributed by atoms with Crippen molar-refractivity contribution in [2.24, 2.45) is 0 Å². The van der Waals surface area contributed by atoms with Gasteiger partial charge in [-0.3, -0.25) is 4.79 Å². The lowest BCUT2D eigenvalue weighted by molar-refractivity contribution is -0.144. The van der Waals surface area contributed by atoms with Crippen molar-refractivity contribution in [3.8, 4) is 11.5 Å². The van der Waals surface area contributed by atoms with Gasteiger partial charge in [0.05, 0.1) is 14.2 Å². The lowest BCUT2D eigenvalue weighted by Gasteiger charge is -2.11. The van der Waals surface area contributed by atoms with Crippen LogP contribution < -0.4 is 14.8 Å². The lowest BCUT2D eigenvalue weighted by atomic mass is 10.2. The van der Waals surface area contributed by atoms with Gasteiger partial charge >= 0.3 is 5.97 Å². The second-order valence-corrected chi connectivity index (χ2v) is 5.60. The van der Waals surface area contributed by atoms with Gasteiger partial charge in [0.2, 0.25) is 0 Å². The van der Waals surface area contributed by atoms with Crippen LogP contribution in [0.4, 0.5) is 0 Å². The first-order chi connectivity index (χ1) is 11.6. The first-order valence-electron chi connectivity index (χ1n) is 7.98. The summed E-state index contributed by atoms with van der Waals surface area (Å²) in [5, 5.41) is 2.87. The molecular weight excluding hydrogens is 310 g/mol. The maximum Gasteiger partial charge on any atom is 0.331 e. The van der Waals surface area contributed by atoms with Crippen LogP contribution >= 0.6 is 0 Å². The van der Waals surface area contributed by atoms with Crippen LogP contribution in [0.1, 0.15) is 31.2 Å². The zero-order valence-corrected chi connectivity index (χ0v) is 14.0. The molecule has 0 atom stereocenters. The average Bonchev–Trinajstić information content (AvgIpc) is 3.10. The van der Waals surface area contributed by atoms with Crippen LogP contribution in [0.2, 0.25) is 0 Å². The molecule has 0 aromatic heterocycles. The fourth-order valence-corrected chi connectivity index (χ4v) is 2.65. The quantitative estimate of drug-likeness (QED) is 0.612. The topological polar surface area (TPSA) is 73.9 Å². The van der Waals surface area contributed by atoms with E-state index in [4.69, 9.17) is 14.2 Å². The van der Waals surface area contributed by atoms with E-state index >= 15 is 0 Å². The monoisotopic (exact) mass is 333 g/mol. The molecule has 1 amide bonds. The lowest BCUT2D eigenvalue weighted by Crippen LogP contribution is -2.35. The van der Waals surface area contributed by atoms with Gasteiger partial charge in [-0.15, -0.1) is 0 Å². The van der Waals surface area contributed by atoms with Crippen molar-refractivity contribution in [1.82, 2.24) is 5.32 Å². The van der Waals surface area contributed by atoms with Gasteiger partial charge in [0.15, 0.2) is 18.1 Å². The number of hydrogen-bond acceptors (Lipinski definition) is 5. The third-order valence-corrected chi connectivity index (χ3v) is 3.89. The minimum Gasteiger partial charge on any atom is -0.493 e. The van der Waals surface area contributed by atoms with Gasteiger partial charge in [0, 0.05) is 12.1 Å². The summed E-state index contributed by atoms with van der Waals surface area (Å²) in [6.07, 6.45) is 7.15. The standard InChI is InChI=1S/C18H23NO5/c1-22-15-9-7-13(11-16(15)23-2)8-10-18(21)24-12-17(20)19-14-5-3-4-6-14/h7-11,14H,3-6,12H2,1-2H3,(H,19,20)/b10-8+. The molecule has 1 saturated carbocycles. The Morgan fingerprint density at radius 1 is 1.17 bits per heavy atom. The molecule has 1 aliphatic carbocycles. The van der Waals surface area contributed by atoms with E-state index in [9.17, 15) is 9.59 Å². The smallest absolute Gasteiger partial charge is 0.331 e. The predicted molar refractivity (Wildman–Crippen MR) is 89.9 cm³/mol. The zero-order valence-electron chi connectivity index (χ0n) is 14.0. The van der Waals surface area contributed by atoms with Crippen molar-refractivity contribution in [3.05, 3.63) is 29.8 Å². The summed E-state index contributed by atoms with van der Waals surface area (Å²) in [5.41, 5.74) is 0.764. The highest BCUT2D eigenvalue weighted by molar-refractivity contribution is 5.89. The molecule has 0 aliphatic heterocycles. The Bertz CT molecular complexity index is 605. The van der Waals surface area contributed by atoms with Crippen LogP contribution in [0.5, 0.6) is 11.5 Å². The van der Waals surface area contributed by atoms with Gasteiger partial charge in [-0.25, -0.2) is 4.79 Å². The third kappa shape index (κ3) is 5.30. The molecule has 1 N–H and O–H groups in total. The van der Waals surface area contributed by atoms with Crippen molar-refractivity contribution in [2.45, 2.75) is 31.7 Å². The highest BCUT2D eigenvalue weighted by Crippen LogP contribution is 2.27. The molecule has 1 aromatic carbocycles. The van der Waals surface area contributed by atoms with Gasteiger partial charge in [-0.1, -0.05) is 18.9 Å². The molecule has 1 aliphatic rings. The number of carbonyl (C=O) groups excluding carboxylic acids is 2. The molecule has 6 nitrogen and oxygen atoms in total. The zero-order chi connectivity index (χ0) is 17.4. The normalized spacial score (nSPS) is 14.6. The van der Waals surface area contributed by atoms with Crippen molar-refractivity contribution in [3.63, 3.8) is 0 Å². The van der Waals surface area contributed by atoms with Crippen LogP contribution in [0, 0.1) is 0 Å². The van der Waals surface area contributed by atoms with Crippen molar-refractivity contribution < 1.29 is 23.8 Å². The average molecular weight is 333 g/mol. The molecule has 0 unspecified atom stereocenters. The Balaban J connectivity index is 1.80. The highest BCUT2D eigenvalue weighted by Gasteiger charge is 2.17. The number of carbonyl (C=O) groups is 2. The van der Waals surface area contributed by atoms with E-state index in [0.717, 1.165) is 31.2 Å². The van der Waals surface area contributed by atoms with Gasteiger partial charge in [0.1, 0.15) is 0 Å². The molecule has 0 bridgehead atoms. The molecule has 0 heterocycles. The van der Waals surface area contributed by atoms with E-state index in [-0.39, 0.29) is 18.6 Å². The molecule has 0 spiro atoms. The van der Waals surface area contributed by atoms with Gasteiger partial charge in [-0.05, 0) is 36.6 Å². The van der Waals surface area contributed by atoms with Crippen molar-refractivity contribution in [1.29, 1.82) is 0 Å². The van der Waals surface area contributed by atoms with Crippen LogP contribution in [-0.4, -0.2) is 38.7 Å². The summed E-state index contributed by atoms with van der Waals surface area (Å²) < 4.78 is 15.3. The summed E-state index contributed by atoms with van der Waals surface area (Å²) >= 11 is 0. The second-order valence-electron chi connectivity index (χ2n) is 5.60. The first-order valence-corrected chi connectivity index (χ1v) is 7.98. The predicted octanol–water partition coefficient (Wildman–Crippen LogP) is 2.32. The summed E-state index contributed by atoms with van der Waals surface area (Å²) in [6, 6.07) is 5.50. The Morgan fingerprint density at radius 2 is 1.88 bits per heavy atom. The molecule has 0 radical (unpaired) electrons. The van der Waals surface area contributed by atoms with E-state index in [0.29, 0.717) is 11.5 Å². The van der Waals surface area contributed by atoms with Crippen LogP contribution in [0.25, 0.3) is 6.08 Å². The van der Waals surface area contributed by atoms with Gasteiger partial charge < -0.3 is 19.5 Å². The second kappa shape index (κ2) is 8.96. The maximum atomic E-state index is 11.7. The number of ether oxygens (including phenoxy) is 3. The molecule has 1 fully saturated rings. The fourth-order valence-electron chi connectivity index (χ4n) is 2.65. The number of benzene rings is 1. The Hall–Kier alpha value is -2.50. The number of esters is 1. The largest absolute Gasteiger partial charge is 0.493 e. The fraction of sp³-hybridized carbons (Fsp3) is 0.444. The van der Waals surface area contributed by atoms with E-state index in [2.05, 4.69) is 5.32 Å². The Morgan fingerprint density at radius 3 is 2.54 bits per heavy atom. The van der Waals surface area contributed by atoms with E-state index in [1.54, 1.807) is 38.5 Å². The molecule has 130 valence electrons. The van der Waals surface area contributed by atoms with Gasteiger partial charge in [-0.2, -0.15) is 0 Å². The first kappa shape index (κ1) is 17.8. The molecular formula is C18H23NO5. The van der Waals surface area contributed by atoms with Crippen LogP contribution in [-0.2, 0) is 14.3 Å². The highest BCUT2D eigenvalue weighted by atomic mass is 16.5. The summed E-state index contributed by atoms with van der Waals surface area (Å²) in [6.45, 7) is -0.258. The minimum atomic E-state index is -0.564. The number of methoxy groups -OCH3 is 2. The number of amides is 1. The summed E-state index contributed by atoms with van der Waals surface area (Å²) in [7, 11) is 3.10. The van der Waals surface area contributed by atoms with E-state index < -0.39 is 5.97 Å². The molecule has 6 heteroatoms. The van der Waals surface area contributed by atoms with E-state index in [1.165, 1.54) is 6.08 Å². The molecule has 24 heavy (non-hydrogen) atoms. The van der Waals surface area contributed by atoms with E-state index in [1.807, 2.05) is 0 Å². The molecule has 0 saturated heterocycles. The third-order valence-electron chi connectivity index (χ3n) is 3.89. The van der Waals surface area contributed by atoms with Gasteiger partial charge in [0.25, 0.3) is 5.91 Å². The minimum absolute atomic E-state index is 0.221. The Labute approximate surface area is 141 Å². The number of rotatable bonds is 7. The summed E-state index contributed by atoms with van der Waals surface area (Å²) in [5.74, 6) is 0.367. The number of hydrogen-bond donors (Lipinski definition) is 1. The number of nitrogens with one attached hydrogen (secondary N) is 1. The molecule has 2 rings (SSSR count). The summed E-state index contributed by atoms with van der Waals surface area (Å²) in [4.78, 5) is 23.4.